The molecule has 0 heterocycles. The van der Waals surface area contributed by atoms with E-state index in [9.17, 15) is 8.78 Å². The fraction of sp³-hybridized carbons (Fsp3) is 0.778. The second kappa shape index (κ2) is 12.1. The van der Waals surface area contributed by atoms with Crippen molar-refractivity contribution in [2.75, 3.05) is 0 Å². The lowest BCUT2D eigenvalue weighted by Gasteiger charge is -2.30. The van der Waals surface area contributed by atoms with E-state index in [-0.39, 0.29) is 17.6 Å². The molecule has 0 unspecified atom stereocenters. The third kappa shape index (κ3) is 7.37. The van der Waals surface area contributed by atoms with Gasteiger partial charge in [-0.15, -0.1) is 0 Å². The third-order valence-electron chi connectivity index (χ3n) is 7.90. The molecule has 0 saturated heterocycles. The summed E-state index contributed by atoms with van der Waals surface area (Å²) in [5.74, 6) is 2.50. The lowest BCUT2D eigenvalue weighted by molar-refractivity contribution is 0.240. The van der Waals surface area contributed by atoms with Crippen LogP contribution in [-0.2, 0) is 0 Å². The zero-order valence-corrected chi connectivity index (χ0v) is 18.6. The van der Waals surface area contributed by atoms with Gasteiger partial charge in [0.05, 0.1) is 0 Å². The van der Waals surface area contributed by atoms with Crippen LogP contribution in [0.5, 0.6) is 0 Å². The van der Waals surface area contributed by atoms with Gasteiger partial charge in [0.1, 0.15) is 11.6 Å². The first kappa shape index (κ1) is 22.8. The lowest BCUT2D eigenvalue weighted by Crippen LogP contribution is -2.15. The monoisotopic (exact) mass is 404 g/mol. The molecule has 0 radical (unpaired) electrons. The number of rotatable bonds is 10. The van der Waals surface area contributed by atoms with Gasteiger partial charge in [-0.1, -0.05) is 84.0 Å². The van der Waals surface area contributed by atoms with Crippen LogP contribution in [-0.4, -0.2) is 0 Å². The Hall–Kier alpha value is -0.920. The van der Waals surface area contributed by atoms with E-state index >= 15 is 0 Å². The van der Waals surface area contributed by atoms with E-state index in [1.165, 1.54) is 108 Å². The number of hydrogen-bond donors (Lipinski definition) is 0. The van der Waals surface area contributed by atoms with Crippen molar-refractivity contribution in [3.63, 3.8) is 0 Å². The number of hydrogen-bond acceptors (Lipinski definition) is 0. The normalized spacial score (nSPS) is 27.8. The summed E-state index contributed by atoms with van der Waals surface area (Å²) in [5, 5.41) is 0. The predicted octanol–water partition coefficient (Wildman–Crippen LogP) is 9.19. The van der Waals surface area contributed by atoms with Crippen LogP contribution in [0.25, 0.3) is 0 Å². The van der Waals surface area contributed by atoms with Gasteiger partial charge in [0, 0.05) is 0 Å². The van der Waals surface area contributed by atoms with Crippen LogP contribution >= 0.6 is 0 Å². The van der Waals surface area contributed by atoms with Crippen molar-refractivity contribution in [3.05, 3.63) is 35.4 Å². The van der Waals surface area contributed by atoms with Crippen molar-refractivity contribution in [2.45, 2.75) is 116 Å². The summed E-state index contributed by atoms with van der Waals surface area (Å²) >= 11 is 0. The van der Waals surface area contributed by atoms with Gasteiger partial charge >= 0.3 is 0 Å². The molecule has 2 saturated carbocycles. The number of unbranched alkanes of at least 4 members (excludes halogenated alkanes) is 3. The second-order valence-electron chi connectivity index (χ2n) is 10.1. The Morgan fingerprint density at radius 2 is 1.17 bits per heavy atom. The molecule has 0 atom stereocenters. The molecule has 0 aliphatic heterocycles. The van der Waals surface area contributed by atoms with Crippen molar-refractivity contribution < 1.29 is 8.78 Å². The Morgan fingerprint density at radius 3 is 1.69 bits per heavy atom. The van der Waals surface area contributed by atoms with Crippen LogP contribution in [0.3, 0.4) is 0 Å². The van der Waals surface area contributed by atoms with Crippen molar-refractivity contribution in [1.82, 2.24) is 0 Å². The van der Waals surface area contributed by atoms with E-state index in [1.54, 1.807) is 0 Å². The Bertz CT molecular complexity index is 580. The Morgan fingerprint density at radius 1 is 0.690 bits per heavy atom. The smallest absolute Gasteiger partial charge is 0.126 e. The largest absolute Gasteiger partial charge is 0.207 e. The van der Waals surface area contributed by atoms with E-state index in [0.29, 0.717) is 5.56 Å². The van der Waals surface area contributed by atoms with Crippen molar-refractivity contribution in [3.8, 4) is 0 Å². The van der Waals surface area contributed by atoms with Gasteiger partial charge in [-0.05, 0) is 73.1 Å². The average Bonchev–Trinajstić information content (AvgIpc) is 2.75. The molecule has 2 aliphatic carbocycles. The summed E-state index contributed by atoms with van der Waals surface area (Å²) in [5.41, 5.74) is 0.605. The first-order valence-corrected chi connectivity index (χ1v) is 12.6. The van der Waals surface area contributed by atoms with Gasteiger partial charge in [-0.3, -0.25) is 0 Å². The molecule has 3 rings (SSSR count). The lowest BCUT2D eigenvalue weighted by atomic mass is 9.76. The highest BCUT2D eigenvalue weighted by Gasteiger charge is 2.25. The third-order valence-corrected chi connectivity index (χ3v) is 7.90. The van der Waals surface area contributed by atoms with Crippen molar-refractivity contribution >= 4 is 0 Å². The molecule has 1 aromatic carbocycles. The average molecular weight is 405 g/mol. The minimum Gasteiger partial charge on any atom is -0.207 e. The highest BCUT2D eigenvalue weighted by molar-refractivity contribution is 5.23. The summed E-state index contributed by atoms with van der Waals surface area (Å²) in [6, 6.07) is 3.93. The second-order valence-corrected chi connectivity index (χ2v) is 10.1. The fourth-order valence-corrected chi connectivity index (χ4v) is 5.95. The van der Waals surface area contributed by atoms with Gasteiger partial charge in [0.15, 0.2) is 0 Å². The summed E-state index contributed by atoms with van der Waals surface area (Å²) in [4.78, 5) is 0. The first-order chi connectivity index (χ1) is 14.2. The van der Waals surface area contributed by atoms with E-state index in [2.05, 4.69) is 6.92 Å². The van der Waals surface area contributed by atoms with Crippen LogP contribution in [0.2, 0.25) is 0 Å². The van der Waals surface area contributed by atoms with Crippen molar-refractivity contribution in [1.29, 1.82) is 0 Å². The van der Waals surface area contributed by atoms with Crippen LogP contribution < -0.4 is 0 Å². The number of halogens is 2. The molecule has 0 bridgehead atoms. The highest BCUT2D eigenvalue weighted by Crippen LogP contribution is 2.39. The predicted molar refractivity (Wildman–Crippen MR) is 119 cm³/mol. The maximum atomic E-state index is 14.0. The molecule has 2 fully saturated rings. The molecule has 0 N–H and O–H groups in total. The van der Waals surface area contributed by atoms with Gasteiger partial charge < -0.3 is 0 Å². The molecule has 1 aromatic rings. The van der Waals surface area contributed by atoms with Gasteiger partial charge in [-0.2, -0.15) is 0 Å². The van der Waals surface area contributed by atoms with E-state index in [0.717, 1.165) is 30.6 Å². The molecule has 29 heavy (non-hydrogen) atoms. The quantitative estimate of drug-likeness (QED) is 0.341. The molecule has 0 amide bonds. The maximum Gasteiger partial charge on any atom is 0.126 e. The van der Waals surface area contributed by atoms with Crippen LogP contribution in [0.1, 0.15) is 121 Å². The summed E-state index contributed by atoms with van der Waals surface area (Å²) in [6.45, 7) is 2.30. The zero-order chi connectivity index (χ0) is 20.5. The van der Waals surface area contributed by atoms with E-state index < -0.39 is 0 Å². The first-order valence-electron chi connectivity index (χ1n) is 12.6. The topological polar surface area (TPSA) is 0 Å². The standard InChI is InChI=1S/C27H42F2/c1-2-3-4-7-21-10-12-22(13-11-21)8-5-6-9-23-14-16-24(17-15-23)26-20-25(28)18-19-27(26)29/h18-24H,2-17H2,1H3. The van der Waals surface area contributed by atoms with Gasteiger partial charge in [0.25, 0.3) is 0 Å². The minimum absolute atomic E-state index is 0.217. The van der Waals surface area contributed by atoms with Crippen molar-refractivity contribution in [2.24, 2.45) is 17.8 Å². The highest BCUT2D eigenvalue weighted by atomic mass is 19.1. The summed E-state index contributed by atoms with van der Waals surface area (Å²) < 4.78 is 27.5. The molecule has 0 aromatic heterocycles. The Kier molecular flexibility index (Phi) is 9.46. The van der Waals surface area contributed by atoms with E-state index in [1.807, 2.05) is 0 Å². The molecular formula is C27H42F2. The fourth-order valence-electron chi connectivity index (χ4n) is 5.95. The molecular weight excluding hydrogens is 362 g/mol. The Labute approximate surface area is 177 Å². The van der Waals surface area contributed by atoms with Crippen LogP contribution in [0, 0.1) is 29.4 Å². The molecule has 0 spiro atoms. The SMILES string of the molecule is CCCCCC1CCC(CCCCC2CCC(c3cc(F)ccc3F)CC2)CC1. The van der Waals surface area contributed by atoms with Crippen LogP contribution in [0.15, 0.2) is 18.2 Å². The minimum atomic E-state index is -0.307. The Balaban J connectivity index is 1.26. The van der Waals surface area contributed by atoms with Crippen LogP contribution in [0.4, 0.5) is 8.78 Å². The summed E-state index contributed by atoms with van der Waals surface area (Å²) in [7, 11) is 0. The number of benzene rings is 1. The molecule has 164 valence electrons. The zero-order valence-electron chi connectivity index (χ0n) is 18.6. The molecule has 2 aliphatic rings. The maximum absolute atomic E-state index is 14.0. The molecule has 0 nitrogen and oxygen atoms in total. The van der Waals surface area contributed by atoms with E-state index in [4.69, 9.17) is 0 Å². The molecule has 2 heteroatoms. The van der Waals surface area contributed by atoms with Gasteiger partial charge in [-0.25, -0.2) is 8.78 Å². The van der Waals surface area contributed by atoms with Gasteiger partial charge in [0.2, 0.25) is 0 Å². The summed E-state index contributed by atoms with van der Waals surface area (Å²) in [6.07, 6.45) is 21.5.